The molecule has 0 aliphatic carbocycles. The van der Waals surface area contributed by atoms with Crippen molar-refractivity contribution in [3.8, 4) is 0 Å². The largest absolute Gasteiger partial charge is 0.480 e. The monoisotopic (exact) mass is 248 g/mol. The highest BCUT2D eigenvalue weighted by Crippen LogP contribution is 2.24. The zero-order chi connectivity index (χ0) is 13.1. The lowest BCUT2D eigenvalue weighted by Crippen LogP contribution is -2.40. The fourth-order valence-electron chi connectivity index (χ4n) is 2.21. The van der Waals surface area contributed by atoms with Crippen molar-refractivity contribution >= 4 is 11.9 Å². The van der Waals surface area contributed by atoms with Crippen molar-refractivity contribution in [2.45, 2.75) is 19.4 Å². The van der Waals surface area contributed by atoms with Crippen LogP contribution >= 0.6 is 0 Å². The molecule has 5 nitrogen and oxygen atoms in total. The first-order chi connectivity index (χ1) is 8.58. The number of aliphatic carboxylic acids is 1. The second-order valence-electron chi connectivity index (χ2n) is 4.50. The molecule has 1 heterocycles. The summed E-state index contributed by atoms with van der Waals surface area (Å²) in [4.78, 5) is 22.4. The number of benzene rings is 1. The minimum Gasteiger partial charge on any atom is -0.480 e. The third kappa shape index (κ3) is 2.68. The molecule has 5 heteroatoms. The van der Waals surface area contributed by atoms with Gasteiger partial charge in [-0.05, 0) is 18.1 Å². The van der Waals surface area contributed by atoms with Crippen LogP contribution in [-0.2, 0) is 16.1 Å². The molecular weight excluding hydrogens is 232 g/mol. The molecule has 0 saturated heterocycles. The molecule has 1 amide bonds. The molecular formula is C13H16N2O3. The molecule has 96 valence electrons. The summed E-state index contributed by atoms with van der Waals surface area (Å²) in [5.74, 6) is -1.58. The number of amides is 1. The summed E-state index contributed by atoms with van der Waals surface area (Å²) in [5, 5.41) is 14.2. The van der Waals surface area contributed by atoms with Gasteiger partial charge in [0.25, 0.3) is 0 Å². The van der Waals surface area contributed by atoms with Gasteiger partial charge in [0.1, 0.15) is 6.54 Å². The summed E-state index contributed by atoms with van der Waals surface area (Å²) in [6, 6.07) is 5.98. The number of carboxylic acids is 1. The smallest absolute Gasteiger partial charge is 0.322 e. The predicted molar refractivity (Wildman–Crippen MR) is 66.3 cm³/mol. The quantitative estimate of drug-likeness (QED) is 0.722. The number of fused-ring (bicyclic) bond motifs is 1. The molecule has 0 radical (unpaired) electrons. The van der Waals surface area contributed by atoms with Crippen LogP contribution in [-0.4, -0.2) is 30.1 Å². The van der Waals surface area contributed by atoms with Crippen LogP contribution in [0.2, 0.25) is 0 Å². The first-order valence-electron chi connectivity index (χ1n) is 5.87. The Morgan fingerprint density at radius 1 is 1.50 bits per heavy atom. The van der Waals surface area contributed by atoms with Crippen molar-refractivity contribution in [2.75, 3.05) is 13.1 Å². The van der Waals surface area contributed by atoms with Crippen molar-refractivity contribution in [1.29, 1.82) is 0 Å². The summed E-state index contributed by atoms with van der Waals surface area (Å²) in [6.45, 7) is 2.96. The molecule has 1 aromatic rings. The Labute approximate surface area is 105 Å². The molecule has 3 N–H and O–H groups in total. The number of carbonyl (C=O) groups excluding carboxylic acids is 1. The minimum atomic E-state index is -1.03. The zero-order valence-electron chi connectivity index (χ0n) is 10.2. The molecule has 1 unspecified atom stereocenters. The van der Waals surface area contributed by atoms with E-state index in [1.54, 1.807) is 0 Å². The van der Waals surface area contributed by atoms with E-state index >= 15 is 0 Å². The fourth-order valence-corrected chi connectivity index (χ4v) is 2.21. The average molecular weight is 248 g/mol. The van der Waals surface area contributed by atoms with Gasteiger partial charge in [-0.1, -0.05) is 23.8 Å². The second-order valence-corrected chi connectivity index (χ2v) is 4.50. The molecule has 0 fully saturated rings. The second kappa shape index (κ2) is 5.18. The predicted octanol–water partition coefficient (Wildman–Crippen LogP) is 0.383. The first kappa shape index (κ1) is 12.6. The molecule has 1 aliphatic heterocycles. The highest BCUT2D eigenvalue weighted by molar-refractivity contribution is 5.87. The van der Waals surface area contributed by atoms with Crippen molar-refractivity contribution in [3.63, 3.8) is 0 Å². The number of nitrogens with one attached hydrogen (secondary N) is 2. The van der Waals surface area contributed by atoms with Gasteiger partial charge in [-0.15, -0.1) is 0 Å². The molecule has 0 aromatic heterocycles. The average Bonchev–Trinajstić information content (AvgIpc) is 2.34. The van der Waals surface area contributed by atoms with E-state index in [-0.39, 0.29) is 18.4 Å². The van der Waals surface area contributed by atoms with Crippen LogP contribution in [0.25, 0.3) is 0 Å². The van der Waals surface area contributed by atoms with Crippen molar-refractivity contribution in [3.05, 3.63) is 34.9 Å². The fraction of sp³-hybridized carbons (Fsp3) is 0.385. The van der Waals surface area contributed by atoms with Gasteiger partial charge in [0, 0.05) is 13.1 Å². The van der Waals surface area contributed by atoms with Crippen LogP contribution in [0, 0.1) is 6.92 Å². The number of hydrogen-bond donors (Lipinski definition) is 3. The van der Waals surface area contributed by atoms with Crippen LogP contribution in [0.1, 0.15) is 22.6 Å². The van der Waals surface area contributed by atoms with Gasteiger partial charge >= 0.3 is 5.97 Å². The van der Waals surface area contributed by atoms with E-state index < -0.39 is 5.97 Å². The van der Waals surface area contributed by atoms with Gasteiger partial charge in [0.15, 0.2) is 0 Å². The highest BCUT2D eigenvalue weighted by atomic mass is 16.4. The van der Waals surface area contributed by atoms with Crippen LogP contribution in [0.5, 0.6) is 0 Å². The summed E-state index contributed by atoms with van der Waals surface area (Å²) >= 11 is 0. The molecule has 0 spiro atoms. The van der Waals surface area contributed by atoms with Crippen molar-refractivity contribution < 1.29 is 14.7 Å². The van der Waals surface area contributed by atoms with Crippen LogP contribution in [0.4, 0.5) is 0 Å². The Morgan fingerprint density at radius 3 is 3.00 bits per heavy atom. The molecule has 2 rings (SSSR count). The molecule has 0 saturated carbocycles. The third-order valence-electron chi connectivity index (χ3n) is 3.07. The molecule has 18 heavy (non-hydrogen) atoms. The Kier molecular flexibility index (Phi) is 3.62. The topological polar surface area (TPSA) is 78.4 Å². The summed E-state index contributed by atoms with van der Waals surface area (Å²) in [6.07, 6.45) is 0. The minimum absolute atomic E-state index is 0.241. The maximum atomic E-state index is 11.9. The van der Waals surface area contributed by atoms with E-state index in [4.69, 9.17) is 5.11 Å². The Balaban J connectivity index is 2.17. The Hall–Kier alpha value is -1.88. The number of carboxylic acid groups (broad SMARTS) is 1. The van der Waals surface area contributed by atoms with E-state index in [1.165, 1.54) is 0 Å². The SMILES string of the molecule is Cc1ccc2c(c1)CNCC2C(=O)NCC(=O)O. The van der Waals surface area contributed by atoms with Crippen molar-refractivity contribution in [2.24, 2.45) is 0 Å². The summed E-state index contributed by atoms with van der Waals surface area (Å²) in [7, 11) is 0. The van der Waals surface area contributed by atoms with E-state index in [2.05, 4.69) is 16.7 Å². The Bertz CT molecular complexity index is 485. The van der Waals surface area contributed by atoms with E-state index in [0.717, 1.165) is 23.2 Å². The van der Waals surface area contributed by atoms with Crippen molar-refractivity contribution in [1.82, 2.24) is 10.6 Å². The number of carbonyl (C=O) groups is 2. The zero-order valence-corrected chi connectivity index (χ0v) is 10.2. The number of rotatable bonds is 3. The summed E-state index contributed by atoms with van der Waals surface area (Å²) < 4.78 is 0. The lowest BCUT2D eigenvalue weighted by Gasteiger charge is -2.25. The first-order valence-corrected chi connectivity index (χ1v) is 5.87. The van der Waals surface area contributed by atoms with Gasteiger partial charge in [-0.25, -0.2) is 0 Å². The molecule has 1 aliphatic rings. The van der Waals surface area contributed by atoms with Gasteiger partial charge < -0.3 is 15.7 Å². The van der Waals surface area contributed by atoms with E-state index in [9.17, 15) is 9.59 Å². The van der Waals surface area contributed by atoms with Gasteiger partial charge in [-0.2, -0.15) is 0 Å². The maximum absolute atomic E-state index is 11.9. The van der Waals surface area contributed by atoms with Gasteiger partial charge in [-0.3, -0.25) is 9.59 Å². The lowest BCUT2D eigenvalue weighted by atomic mass is 9.89. The Morgan fingerprint density at radius 2 is 2.28 bits per heavy atom. The normalized spacial score (nSPS) is 17.9. The summed E-state index contributed by atoms with van der Waals surface area (Å²) in [5.41, 5.74) is 3.25. The van der Waals surface area contributed by atoms with Gasteiger partial charge in [0.2, 0.25) is 5.91 Å². The highest BCUT2D eigenvalue weighted by Gasteiger charge is 2.26. The van der Waals surface area contributed by atoms with E-state index in [0.29, 0.717) is 6.54 Å². The number of hydrogen-bond acceptors (Lipinski definition) is 3. The van der Waals surface area contributed by atoms with Crippen LogP contribution in [0.15, 0.2) is 18.2 Å². The molecule has 1 atom stereocenters. The maximum Gasteiger partial charge on any atom is 0.322 e. The van der Waals surface area contributed by atoms with E-state index in [1.807, 2.05) is 19.1 Å². The standard InChI is InChI=1S/C13H16N2O3/c1-8-2-3-10-9(4-8)5-14-6-11(10)13(18)15-7-12(16)17/h2-4,11,14H,5-7H2,1H3,(H,15,18)(H,16,17). The number of aryl methyl sites for hydroxylation is 1. The molecule has 1 aromatic carbocycles. The van der Waals surface area contributed by atoms with Gasteiger partial charge in [0.05, 0.1) is 5.92 Å². The molecule has 0 bridgehead atoms. The third-order valence-corrected chi connectivity index (χ3v) is 3.07. The van der Waals surface area contributed by atoms with Crippen LogP contribution < -0.4 is 10.6 Å². The van der Waals surface area contributed by atoms with Crippen LogP contribution in [0.3, 0.4) is 0 Å². The lowest BCUT2D eigenvalue weighted by molar-refractivity contribution is -0.138.